The molecule has 180 valence electrons. The number of phenolic OH excluding ortho intramolecular Hbond substituents is 1. The first-order valence-electron chi connectivity index (χ1n) is 11.2. The van der Waals surface area contributed by atoms with E-state index in [9.17, 15) is 18.3 Å². The number of halogens is 1. The molecule has 1 saturated carbocycles. The van der Waals surface area contributed by atoms with Crippen molar-refractivity contribution >= 4 is 27.7 Å². The minimum Gasteiger partial charge on any atom is -0.508 e. The van der Waals surface area contributed by atoms with Gasteiger partial charge in [-0.1, -0.05) is 49.1 Å². The summed E-state index contributed by atoms with van der Waals surface area (Å²) < 4.78 is 31.1. The zero-order chi connectivity index (χ0) is 24.0. The number of benzene rings is 2. The molecule has 0 spiro atoms. The van der Waals surface area contributed by atoms with Gasteiger partial charge in [-0.2, -0.15) is 12.7 Å². The van der Waals surface area contributed by atoms with Crippen LogP contribution in [0.15, 0.2) is 48.5 Å². The van der Waals surface area contributed by atoms with Gasteiger partial charge in [0.2, 0.25) is 0 Å². The molecule has 9 heteroatoms. The van der Waals surface area contributed by atoms with Gasteiger partial charge in [-0.15, -0.1) is 0 Å². The standard InChI is InChI=1S/C24H32ClN3O4S/c1-27(2)16-15-22(21-17-19(25)13-14-23(21)29)28(20-11-7-4-8-12-20)33(31,32)26-24(30)18-9-5-3-6-10-18/h3,5-6,9-10,13-14,17,20,22,29H,4,7-8,11-12,15-16H2,1-2H3,(H,26,30). The van der Waals surface area contributed by atoms with Crippen LogP contribution in [0, 0.1) is 0 Å². The number of carbonyl (C=O) groups is 1. The molecule has 1 aliphatic rings. The first-order chi connectivity index (χ1) is 15.7. The average Bonchev–Trinajstić information content (AvgIpc) is 2.79. The van der Waals surface area contributed by atoms with Crippen molar-refractivity contribution in [3.8, 4) is 5.75 Å². The molecule has 2 aromatic rings. The van der Waals surface area contributed by atoms with E-state index in [-0.39, 0.29) is 17.4 Å². The highest BCUT2D eigenvalue weighted by Crippen LogP contribution is 2.39. The summed E-state index contributed by atoms with van der Waals surface area (Å²) >= 11 is 6.23. The van der Waals surface area contributed by atoms with Gasteiger partial charge in [0, 0.05) is 22.2 Å². The summed E-state index contributed by atoms with van der Waals surface area (Å²) in [6.07, 6.45) is 4.68. The number of nitrogens with zero attached hydrogens (tertiary/aromatic N) is 2. The van der Waals surface area contributed by atoms with Crippen molar-refractivity contribution in [3.05, 3.63) is 64.7 Å². The van der Waals surface area contributed by atoms with E-state index in [4.69, 9.17) is 11.6 Å². The van der Waals surface area contributed by atoms with Gasteiger partial charge in [0.15, 0.2) is 0 Å². The van der Waals surface area contributed by atoms with Gasteiger partial charge in [-0.3, -0.25) is 4.79 Å². The number of hydrogen-bond acceptors (Lipinski definition) is 5. The van der Waals surface area contributed by atoms with Crippen LogP contribution in [0.4, 0.5) is 0 Å². The van der Waals surface area contributed by atoms with Crippen molar-refractivity contribution < 1.29 is 18.3 Å². The lowest BCUT2D eigenvalue weighted by atomic mass is 9.93. The molecule has 33 heavy (non-hydrogen) atoms. The van der Waals surface area contributed by atoms with E-state index in [0.29, 0.717) is 36.4 Å². The zero-order valence-corrected chi connectivity index (χ0v) is 20.6. The summed E-state index contributed by atoms with van der Waals surface area (Å²) in [4.78, 5) is 14.8. The molecule has 0 aromatic heterocycles. The van der Waals surface area contributed by atoms with Crippen LogP contribution in [0.25, 0.3) is 0 Å². The molecule has 1 fully saturated rings. The number of nitrogens with one attached hydrogen (secondary N) is 1. The molecule has 0 radical (unpaired) electrons. The maximum atomic E-state index is 13.7. The van der Waals surface area contributed by atoms with Crippen LogP contribution in [0.2, 0.25) is 5.02 Å². The molecular formula is C24H32ClN3O4S. The summed E-state index contributed by atoms with van der Waals surface area (Å²) in [5, 5.41) is 11.1. The van der Waals surface area contributed by atoms with Crippen LogP contribution in [0.1, 0.15) is 60.5 Å². The molecule has 0 aliphatic heterocycles. The highest BCUT2D eigenvalue weighted by atomic mass is 35.5. The van der Waals surface area contributed by atoms with E-state index >= 15 is 0 Å². The lowest BCUT2D eigenvalue weighted by molar-refractivity contribution is 0.0974. The summed E-state index contributed by atoms with van der Waals surface area (Å²) in [6.45, 7) is 0.585. The maximum Gasteiger partial charge on any atom is 0.304 e. The van der Waals surface area contributed by atoms with Gasteiger partial charge in [-0.05, 0) is 70.2 Å². The third kappa shape index (κ3) is 6.69. The molecule has 1 atom stereocenters. The first kappa shape index (κ1) is 25.5. The van der Waals surface area contributed by atoms with Gasteiger partial charge in [-0.25, -0.2) is 4.72 Å². The lowest BCUT2D eigenvalue weighted by Gasteiger charge is -2.39. The van der Waals surface area contributed by atoms with Crippen LogP contribution >= 0.6 is 11.6 Å². The van der Waals surface area contributed by atoms with E-state index < -0.39 is 22.2 Å². The molecule has 2 aromatic carbocycles. The number of amides is 1. The smallest absolute Gasteiger partial charge is 0.304 e. The Labute approximate surface area is 201 Å². The molecule has 3 rings (SSSR count). The number of hydrogen-bond donors (Lipinski definition) is 2. The third-order valence-corrected chi connectivity index (χ3v) is 7.76. The van der Waals surface area contributed by atoms with E-state index in [1.165, 1.54) is 10.4 Å². The van der Waals surface area contributed by atoms with Crippen molar-refractivity contribution in [2.45, 2.75) is 50.6 Å². The minimum atomic E-state index is -4.23. The van der Waals surface area contributed by atoms with Gasteiger partial charge in [0.1, 0.15) is 5.75 Å². The fourth-order valence-electron chi connectivity index (χ4n) is 4.36. The van der Waals surface area contributed by atoms with Crippen molar-refractivity contribution in [3.63, 3.8) is 0 Å². The van der Waals surface area contributed by atoms with Crippen LogP contribution in [-0.4, -0.2) is 55.3 Å². The Bertz CT molecular complexity index is 1040. The third-order valence-electron chi connectivity index (χ3n) is 5.98. The van der Waals surface area contributed by atoms with E-state index in [1.807, 2.05) is 19.0 Å². The van der Waals surface area contributed by atoms with Crippen molar-refractivity contribution in [1.29, 1.82) is 0 Å². The molecule has 0 heterocycles. The Morgan fingerprint density at radius 2 is 1.79 bits per heavy atom. The largest absolute Gasteiger partial charge is 0.508 e. The van der Waals surface area contributed by atoms with Crippen molar-refractivity contribution in [1.82, 2.24) is 13.9 Å². The van der Waals surface area contributed by atoms with Crippen LogP contribution in [0.5, 0.6) is 5.75 Å². The Morgan fingerprint density at radius 1 is 1.12 bits per heavy atom. The fraction of sp³-hybridized carbons (Fsp3) is 0.458. The average molecular weight is 494 g/mol. The number of aromatic hydroxyl groups is 1. The molecule has 7 nitrogen and oxygen atoms in total. The Kier molecular flexibility index (Phi) is 8.75. The first-order valence-corrected chi connectivity index (χ1v) is 13.0. The maximum absolute atomic E-state index is 13.7. The van der Waals surface area contributed by atoms with E-state index in [0.717, 1.165) is 19.3 Å². The van der Waals surface area contributed by atoms with E-state index in [1.54, 1.807) is 42.5 Å². The van der Waals surface area contributed by atoms with E-state index in [2.05, 4.69) is 4.72 Å². The molecule has 1 aliphatic carbocycles. The molecule has 1 amide bonds. The van der Waals surface area contributed by atoms with Crippen molar-refractivity contribution in [2.75, 3.05) is 20.6 Å². The van der Waals surface area contributed by atoms with Crippen LogP contribution in [0.3, 0.4) is 0 Å². The Hall–Kier alpha value is -2.13. The monoisotopic (exact) mass is 493 g/mol. The normalized spacial score (nSPS) is 16.2. The second kappa shape index (κ2) is 11.3. The van der Waals surface area contributed by atoms with Gasteiger partial charge in [0.25, 0.3) is 5.91 Å². The van der Waals surface area contributed by atoms with Crippen LogP contribution < -0.4 is 4.72 Å². The second-order valence-corrected chi connectivity index (χ2v) is 10.7. The summed E-state index contributed by atoms with van der Waals surface area (Å²) in [7, 11) is -0.417. The summed E-state index contributed by atoms with van der Waals surface area (Å²) in [5.41, 5.74) is 0.701. The summed E-state index contributed by atoms with van der Waals surface area (Å²) in [5.74, 6) is -0.702. The Balaban J connectivity index is 2.05. The predicted octanol–water partition coefficient (Wildman–Crippen LogP) is 4.35. The number of carbonyl (C=O) groups excluding carboxylic acids is 1. The molecule has 2 N–H and O–H groups in total. The Morgan fingerprint density at radius 3 is 2.42 bits per heavy atom. The minimum absolute atomic E-state index is 0.0199. The topological polar surface area (TPSA) is 89.9 Å². The SMILES string of the molecule is CN(C)CCC(c1cc(Cl)ccc1O)N(C1CCCCC1)S(=O)(=O)NC(=O)c1ccccc1. The van der Waals surface area contributed by atoms with Gasteiger partial charge < -0.3 is 10.0 Å². The predicted molar refractivity (Wildman–Crippen MR) is 131 cm³/mol. The molecule has 1 unspecified atom stereocenters. The van der Waals surface area contributed by atoms with Crippen molar-refractivity contribution in [2.24, 2.45) is 0 Å². The second-order valence-electron chi connectivity index (χ2n) is 8.73. The van der Waals surface area contributed by atoms with Crippen LogP contribution in [-0.2, 0) is 10.2 Å². The fourth-order valence-corrected chi connectivity index (χ4v) is 6.16. The summed E-state index contributed by atoms with van der Waals surface area (Å²) in [6, 6.07) is 12.0. The molecule has 0 bridgehead atoms. The molecule has 0 saturated heterocycles. The van der Waals surface area contributed by atoms with Gasteiger partial charge in [0.05, 0.1) is 6.04 Å². The quantitative estimate of drug-likeness (QED) is 0.542. The zero-order valence-electron chi connectivity index (χ0n) is 19.1. The highest BCUT2D eigenvalue weighted by molar-refractivity contribution is 7.87. The number of rotatable bonds is 9. The number of phenols is 1. The highest BCUT2D eigenvalue weighted by Gasteiger charge is 2.39. The van der Waals surface area contributed by atoms with Gasteiger partial charge >= 0.3 is 10.2 Å². The molecular weight excluding hydrogens is 462 g/mol. The lowest BCUT2D eigenvalue weighted by Crippen LogP contribution is -2.51.